The maximum absolute atomic E-state index is 12.4. The number of rotatable bonds is 9. The normalized spacial score (nSPS) is 10.6. The monoisotopic (exact) mass is 356 g/mol. The predicted molar refractivity (Wildman–Crippen MR) is 102 cm³/mol. The highest BCUT2D eigenvalue weighted by molar-refractivity contribution is 6.07. The molecule has 0 unspecified atom stereocenters. The Labute approximate surface area is 154 Å². The van der Waals surface area contributed by atoms with Gasteiger partial charge in [-0.1, -0.05) is 6.92 Å². The lowest BCUT2D eigenvalue weighted by atomic mass is 10.1. The Kier molecular flexibility index (Phi) is 7.09. The van der Waals surface area contributed by atoms with E-state index in [2.05, 4.69) is 0 Å². The molecule has 0 aliphatic heterocycles. The highest BCUT2D eigenvalue weighted by atomic mass is 16.5. The zero-order valence-electron chi connectivity index (χ0n) is 15.6. The molecule has 0 atom stereocenters. The summed E-state index contributed by atoms with van der Waals surface area (Å²) in [5, 5.41) is 0. The summed E-state index contributed by atoms with van der Waals surface area (Å²) in [6.07, 6.45) is 4.15. The van der Waals surface area contributed by atoms with Crippen molar-refractivity contribution < 1.29 is 23.7 Å². The van der Waals surface area contributed by atoms with Crippen LogP contribution in [0.4, 0.5) is 0 Å². The minimum absolute atomic E-state index is 0.108. The lowest BCUT2D eigenvalue weighted by Crippen LogP contribution is -1.98. The van der Waals surface area contributed by atoms with Crippen LogP contribution in [-0.4, -0.2) is 33.7 Å². The van der Waals surface area contributed by atoms with E-state index in [0.29, 0.717) is 29.4 Å². The van der Waals surface area contributed by atoms with E-state index in [4.69, 9.17) is 18.9 Å². The Hall–Kier alpha value is -2.95. The first kappa shape index (κ1) is 19.4. The molecule has 0 aliphatic carbocycles. The molecular formula is C21H24O5. The Morgan fingerprint density at radius 3 is 2.12 bits per heavy atom. The van der Waals surface area contributed by atoms with Gasteiger partial charge in [0.15, 0.2) is 17.3 Å². The molecule has 5 heteroatoms. The van der Waals surface area contributed by atoms with Gasteiger partial charge in [-0.25, -0.2) is 0 Å². The second-order valence-corrected chi connectivity index (χ2v) is 5.52. The number of methoxy groups -OCH3 is 3. The summed E-state index contributed by atoms with van der Waals surface area (Å²) >= 11 is 0. The highest BCUT2D eigenvalue weighted by Crippen LogP contribution is 2.35. The van der Waals surface area contributed by atoms with Crippen LogP contribution in [0.5, 0.6) is 23.0 Å². The Balaban J connectivity index is 2.19. The first-order chi connectivity index (χ1) is 12.6. The van der Waals surface area contributed by atoms with Crippen LogP contribution >= 0.6 is 0 Å². The van der Waals surface area contributed by atoms with E-state index < -0.39 is 0 Å². The number of hydrogen-bond acceptors (Lipinski definition) is 5. The van der Waals surface area contributed by atoms with Crippen LogP contribution in [0.15, 0.2) is 42.5 Å². The highest BCUT2D eigenvalue weighted by Gasteiger charge is 2.10. The number of carbonyl (C=O) groups excluding carboxylic acids is 1. The van der Waals surface area contributed by atoms with Gasteiger partial charge in [-0.05, 0) is 48.9 Å². The Morgan fingerprint density at radius 2 is 1.54 bits per heavy atom. The number of carbonyl (C=O) groups is 1. The minimum Gasteiger partial charge on any atom is -0.496 e. The second-order valence-electron chi connectivity index (χ2n) is 5.52. The fourth-order valence-corrected chi connectivity index (χ4v) is 2.38. The van der Waals surface area contributed by atoms with Crippen molar-refractivity contribution in [3.05, 3.63) is 53.6 Å². The molecule has 0 saturated carbocycles. The van der Waals surface area contributed by atoms with E-state index in [9.17, 15) is 4.79 Å². The topological polar surface area (TPSA) is 54.0 Å². The molecule has 0 fully saturated rings. The zero-order chi connectivity index (χ0) is 18.9. The van der Waals surface area contributed by atoms with Crippen LogP contribution in [0.25, 0.3) is 6.08 Å². The summed E-state index contributed by atoms with van der Waals surface area (Å²) < 4.78 is 21.4. The fourth-order valence-electron chi connectivity index (χ4n) is 2.38. The average molecular weight is 356 g/mol. The van der Waals surface area contributed by atoms with Crippen LogP contribution < -0.4 is 18.9 Å². The van der Waals surface area contributed by atoms with Crippen LogP contribution in [0.2, 0.25) is 0 Å². The van der Waals surface area contributed by atoms with Gasteiger partial charge in [-0.3, -0.25) is 4.79 Å². The summed E-state index contributed by atoms with van der Waals surface area (Å²) in [5.74, 6) is 2.38. The second kappa shape index (κ2) is 9.51. The fraction of sp³-hybridized carbons (Fsp3) is 0.286. The largest absolute Gasteiger partial charge is 0.496 e. The van der Waals surface area contributed by atoms with Crippen molar-refractivity contribution in [2.75, 3.05) is 27.9 Å². The number of benzene rings is 2. The molecule has 0 bridgehead atoms. The molecular weight excluding hydrogens is 332 g/mol. The van der Waals surface area contributed by atoms with Gasteiger partial charge in [-0.2, -0.15) is 0 Å². The van der Waals surface area contributed by atoms with Gasteiger partial charge >= 0.3 is 0 Å². The van der Waals surface area contributed by atoms with Crippen molar-refractivity contribution in [3.63, 3.8) is 0 Å². The number of ketones is 1. The zero-order valence-corrected chi connectivity index (χ0v) is 15.6. The van der Waals surface area contributed by atoms with E-state index in [1.165, 1.54) is 6.08 Å². The predicted octanol–water partition coefficient (Wildman–Crippen LogP) is 4.40. The van der Waals surface area contributed by atoms with Crippen molar-refractivity contribution >= 4 is 11.9 Å². The van der Waals surface area contributed by atoms with E-state index >= 15 is 0 Å². The molecule has 0 amide bonds. The van der Waals surface area contributed by atoms with Crippen molar-refractivity contribution in [1.29, 1.82) is 0 Å². The number of ether oxygens (including phenoxy) is 4. The van der Waals surface area contributed by atoms with Crippen molar-refractivity contribution in [3.8, 4) is 23.0 Å². The summed E-state index contributed by atoms with van der Waals surface area (Å²) in [7, 11) is 4.69. The lowest BCUT2D eigenvalue weighted by Gasteiger charge is -2.12. The average Bonchev–Trinajstić information content (AvgIpc) is 2.69. The van der Waals surface area contributed by atoms with Crippen LogP contribution in [-0.2, 0) is 0 Å². The molecule has 0 heterocycles. The molecule has 0 N–H and O–H groups in total. The summed E-state index contributed by atoms with van der Waals surface area (Å²) in [6.45, 7) is 2.71. The Morgan fingerprint density at radius 1 is 0.923 bits per heavy atom. The van der Waals surface area contributed by atoms with E-state index in [1.807, 2.05) is 6.92 Å². The van der Waals surface area contributed by atoms with Gasteiger partial charge < -0.3 is 18.9 Å². The van der Waals surface area contributed by atoms with Gasteiger partial charge in [0, 0.05) is 17.2 Å². The van der Waals surface area contributed by atoms with E-state index in [1.54, 1.807) is 63.8 Å². The summed E-state index contributed by atoms with van der Waals surface area (Å²) in [4.78, 5) is 12.4. The first-order valence-electron chi connectivity index (χ1n) is 8.38. The quantitative estimate of drug-likeness (QED) is 0.492. The number of allylic oxidation sites excluding steroid dienone is 1. The molecule has 5 nitrogen and oxygen atoms in total. The van der Waals surface area contributed by atoms with Crippen LogP contribution in [0.1, 0.15) is 29.3 Å². The number of hydrogen-bond donors (Lipinski definition) is 0. The maximum atomic E-state index is 12.4. The molecule has 26 heavy (non-hydrogen) atoms. The molecule has 0 spiro atoms. The molecule has 0 radical (unpaired) electrons. The minimum atomic E-state index is -0.108. The maximum Gasteiger partial charge on any atom is 0.185 e. The van der Waals surface area contributed by atoms with E-state index in [0.717, 1.165) is 17.7 Å². The molecule has 138 valence electrons. The van der Waals surface area contributed by atoms with Gasteiger partial charge in [0.25, 0.3) is 0 Å². The molecule has 2 aromatic rings. The van der Waals surface area contributed by atoms with Gasteiger partial charge in [0.05, 0.1) is 27.9 Å². The standard InChI is InChI=1S/C21H24O5/c1-5-12-26-17-9-6-15(7-10-17)18(22)11-8-16-13-20(24-3)21(25-4)14-19(16)23-2/h6-11,13-14H,5,12H2,1-4H3/b11-8+. The molecule has 0 aromatic heterocycles. The molecule has 2 aromatic carbocycles. The van der Waals surface area contributed by atoms with Crippen LogP contribution in [0.3, 0.4) is 0 Å². The molecule has 2 rings (SSSR count). The summed E-state index contributed by atoms with van der Waals surface area (Å²) in [5.41, 5.74) is 1.31. The first-order valence-corrected chi connectivity index (χ1v) is 8.38. The van der Waals surface area contributed by atoms with Crippen LogP contribution in [0, 0.1) is 0 Å². The van der Waals surface area contributed by atoms with Gasteiger partial charge in [0.2, 0.25) is 0 Å². The third kappa shape index (κ3) is 4.79. The Bertz CT molecular complexity index is 763. The molecule has 0 saturated heterocycles. The smallest absolute Gasteiger partial charge is 0.185 e. The molecule has 0 aliphatic rings. The van der Waals surface area contributed by atoms with Crippen molar-refractivity contribution in [1.82, 2.24) is 0 Å². The van der Waals surface area contributed by atoms with Gasteiger partial charge in [0.1, 0.15) is 11.5 Å². The van der Waals surface area contributed by atoms with Gasteiger partial charge in [-0.15, -0.1) is 0 Å². The third-order valence-electron chi connectivity index (χ3n) is 3.76. The van der Waals surface area contributed by atoms with Crippen molar-refractivity contribution in [2.24, 2.45) is 0 Å². The van der Waals surface area contributed by atoms with E-state index in [-0.39, 0.29) is 5.78 Å². The van der Waals surface area contributed by atoms with Crippen molar-refractivity contribution in [2.45, 2.75) is 13.3 Å². The summed E-state index contributed by atoms with van der Waals surface area (Å²) in [6, 6.07) is 10.6. The lowest BCUT2D eigenvalue weighted by molar-refractivity contribution is 0.104. The third-order valence-corrected chi connectivity index (χ3v) is 3.76. The SMILES string of the molecule is CCCOc1ccc(C(=O)/C=C/c2cc(OC)c(OC)cc2OC)cc1.